The number of likely N-dealkylation sites (N-methyl/N-ethyl adjacent to an activating group) is 1. The van der Waals surface area contributed by atoms with Crippen molar-refractivity contribution in [2.24, 2.45) is 0 Å². The first-order valence-electron chi connectivity index (χ1n) is 5.56. The van der Waals surface area contributed by atoms with Gasteiger partial charge in [-0.25, -0.2) is 0 Å². The summed E-state index contributed by atoms with van der Waals surface area (Å²) in [7, 11) is 1.85. The predicted molar refractivity (Wildman–Crippen MR) is 70.5 cm³/mol. The molecule has 0 aromatic heterocycles. The molecule has 0 aliphatic carbocycles. The first-order chi connectivity index (χ1) is 7.61. The van der Waals surface area contributed by atoms with Crippen molar-refractivity contribution >= 4 is 18.2 Å². The van der Waals surface area contributed by atoms with Gasteiger partial charge in [0.15, 0.2) is 5.78 Å². The largest absolute Gasteiger partial charge is 0.491 e. The molecule has 0 spiro atoms. The van der Waals surface area contributed by atoms with E-state index in [9.17, 15) is 4.79 Å². The minimum absolute atomic E-state index is 0. The van der Waals surface area contributed by atoms with E-state index in [0.29, 0.717) is 13.0 Å². The molecule has 1 atom stereocenters. The molecule has 4 heteroatoms. The summed E-state index contributed by atoms with van der Waals surface area (Å²) in [6.45, 7) is 4.60. The van der Waals surface area contributed by atoms with E-state index in [1.165, 1.54) is 0 Å². The Morgan fingerprint density at radius 2 is 1.94 bits per heavy atom. The number of ether oxygens (including phenoxy) is 1. The van der Waals surface area contributed by atoms with Crippen molar-refractivity contribution in [1.82, 2.24) is 5.32 Å². The lowest BCUT2D eigenvalue weighted by Crippen LogP contribution is -2.32. The zero-order valence-electron chi connectivity index (χ0n) is 10.4. The van der Waals surface area contributed by atoms with E-state index in [1.807, 2.05) is 33.0 Å². The van der Waals surface area contributed by atoms with E-state index < -0.39 is 0 Å². The van der Waals surface area contributed by atoms with Crippen molar-refractivity contribution in [1.29, 1.82) is 0 Å². The average molecular weight is 256 g/mol. The fraction of sp³-hybridized carbons (Fsp3) is 0.462. The zero-order valence-corrected chi connectivity index (χ0v) is 11.2. The third-order valence-corrected chi connectivity index (χ3v) is 3.18. The van der Waals surface area contributed by atoms with Gasteiger partial charge in [0.2, 0.25) is 0 Å². The molecule has 1 aromatic rings. The number of carbonyl (C=O) groups excluding carboxylic acids is 1. The van der Waals surface area contributed by atoms with Crippen molar-refractivity contribution in [3.63, 3.8) is 0 Å². The van der Waals surface area contributed by atoms with Gasteiger partial charge in [-0.2, -0.15) is 0 Å². The third kappa shape index (κ3) is 2.79. The maximum atomic E-state index is 12.0. The first kappa shape index (κ1) is 14.0. The van der Waals surface area contributed by atoms with Gasteiger partial charge in [0.25, 0.3) is 0 Å². The van der Waals surface area contributed by atoms with Crippen molar-refractivity contribution in [3.05, 3.63) is 28.8 Å². The van der Waals surface area contributed by atoms with Crippen LogP contribution in [-0.4, -0.2) is 25.5 Å². The molecule has 0 fully saturated rings. The number of carbonyl (C=O) groups is 1. The summed E-state index contributed by atoms with van der Waals surface area (Å²) in [5, 5.41) is 3.09. The molecule has 0 saturated carbocycles. The first-order valence-corrected chi connectivity index (χ1v) is 5.56. The van der Waals surface area contributed by atoms with Crippen LogP contribution in [0.1, 0.15) is 27.9 Å². The summed E-state index contributed by atoms with van der Waals surface area (Å²) < 4.78 is 5.67. The predicted octanol–water partition coefficient (Wildman–Crippen LogP) is 2.28. The SMILES string of the molecule is CNC1COc2cc(C)c(C)cc2C(=O)C1.Cl. The van der Waals surface area contributed by atoms with E-state index in [2.05, 4.69) is 5.32 Å². The van der Waals surface area contributed by atoms with Crippen molar-refractivity contribution < 1.29 is 9.53 Å². The molecule has 2 rings (SSSR count). The van der Waals surface area contributed by atoms with Crippen LogP contribution < -0.4 is 10.1 Å². The van der Waals surface area contributed by atoms with Crippen LogP contribution in [0.15, 0.2) is 12.1 Å². The number of aryl methyl sites for hydroxylation is 2. The Morgan fingerprint density at radius 3 is 2.59 bits per heavy atom. The fourth-order valence-corrected chi connectivity index (χ4v) is 1.90. The third-order valence-electron chi connectivity index (χ3n) is 3.18. The normalized spacial score (nSPS) is 18.8. The number of halogens is 1. The maximum absolute atomic E-state index is 12.0. The van der Waals surface area contributed by atoms with E-state index in [1.54, 1.807) is 0 Å². The van der Waals surface area contributed by atoms with Crippen molar-refractivity contribution in [2.45, 2.75) is 26.3 Å². The van der Waals surface area contributed by atoms with Crippen LogP contribution in [0.25, 0.3) is 0 Å². The number of Topliss-reactive ketones (excluding diaryl/α,β-unsaturated/α-hetero) is 1. The number of rotatable bonds is 1. The van der Waals surface area contributed by atoms with Crippen LogP contribution in [0.4, 0.5) is 0 Å². The van der Waals surface area contributed by atoms with Crippen molar-refractivity contribution in [3.8, 4) is 5.75 Å². The highest BCUT2D eigenvalue weighted by Crippen LogP contribution is 2.27. The number of hydrogen-bond acceptors (Lipinski definition) is 3. The van der Waals surface area contributed by atoms with Crippen LogP contribution >= 0.6 is 12.4 Å². The van der Waals surface area contributed by atoms with E-state index >= 15 is 0 Å². The van der Waals surface area contributed by atoms with Gasteiger partial charge >= 0.3 is 0 Å². The molecule has 0 saturated heterocycles. The Labute approximate surface area is 108 Å². The molecule has 1 aromatic carbocycles. The molecule has 17 heavy (non-hydrogen) atoms. The average Bonchev–Trinajstić information content (AvgIpc) is 2.41. The minimum atomic E-state index is 0. The highest BCUT2D eigenvalue weighted by Gasteiger charge is 2.23. The summed E-state index contributed by atoms with van der Waals surface area (Å²) in [6.07, 6.45) is 0.506. The van der Waals surface area contributed by atoms with E-state index in [0.717, 1.165) is 22.4 Å². The molecule has 0 bridgehead atoms. The number of fused-ring (bicyclic) bond motifs is 1. The Hall–Kier alpha value is -1.06. The molecule has 1 aliphatic rings. The second-order valence-corrected chi connectivity index (χ2v) is 4.36. The highest BCUT2D eigenvalue weighted by atomic mass is 35.5. The van der Waals surface area contributed by atoms with Crippen LogP contribution in [0, 0.1) is 13.8 Å². The standard InChI is InChI=1S/C13H17NO2.ClH/c1-8-4-11-12(15)6-10(14-3)7-16-13(11)5-9(8)2;/h4-5,10,14H,6-7H2,1-3H3;1H. The molecule has 1 aliphatic heterocycles. The van der Waals surface area contributed by atoms with E-state index in [-0.39, 0.29) is 24.2 Å². The van der Waals surface area contributed by atoms with Gasteiger partial charge in [0, 0.05) is 12.5 Å². The van der Waals surface area contributed by atoms with Crippen LogP contribution in [0.2, 0.25) is 0 Å². The summed E-state index contributed by atoms with van der Waals surface area (Å²) in [5.74, 6) is 0.890. The molecule has 1 heterocycles. The molecule has 94 valence electrons. The smallest absolute Gasteiger partial charge is 0.168 e. The molecule has 3 nitrogen and oxygen atoms in total. The second-order valence-electron chi connectivity index (χ2n) is 4.36. The number of ketones is 1. The molecule has 0 amide bonds. The fourth-order valence-electron chi connectivity index (χ4n) is 1.90. The van der Waals surface area contributed by atoms with Gasteiger partial charge in [-0.3, -0.25) is 4.79 Å². The number of benzene rings is 1. The highest BCUT2D eigenvalue weighted by molar-refractivity contribution is 5.99. The zero-order chi connectivity index (χ0) is 11.7. The van der Waals surface area contributed by atoms with Gasteiger partial charge in [0.05, 0.1) is 5.56 Å². The van der Waals surface area contributed by atoms with Crippen LogP contribution in [0.5, 0.6) is 5.75 Å². The van der Waals surface area contributed by atoms with Crippen LogP contribution in [-0.2, 0) is 0 Å². The van der Waals surface area contributed by atoms with Gasteiger partial charge < -0.3 is 10.1 Å². The number of hydrogen-bond donors (Lipinski definition) is 1. The van der Waals surface area contributed by atoms with Gasteiger partial charge in [-0.1, -0.05) is 0 Å². The van der Waals surface area contributed by atoms with Crippen molar-refractivity contribution in [2.75, 3.05) is 13.7 Å². The molecular formula is C13H18ClNO2. The van der Waals surface area contributed by atoms with Gasteiger partial charge in [-0.15, -0.1) is 12.4 Å². The molecule has 0 radical (unpaired) electrons. The summed E-state index contributed by atoms with van der Waals surface area (Å²) in [6, 6.07) is 4.01. The van der Waals surface area contributed by atoms with E-state index in [4.69, 9.17) is 4.74 Å². The second kappa shape index (κ2) is 5.52. The molecule has 1 unspecified atom stereocenters. The lowest BCUT2D eigenvalue weighted by molar-refractivity contribution is 0.0972. The lowest BCUT2D eigenvalue weighted by Gasteiger charge is -2.11. The Kier molecular flexibility index (Phi) is 4.54. The monoisotopic (exact) mass is 255 g/mol. The molecular weight excluding hydrogens is 238 g/mol. The Morgan fingerprint density at radius 1 is 1.29 bits per heavy atom. The lowest BCUT2D eigenvalue weighted by atomic mass is 10.00. The summed E-state index contributed by atoms with van der Waals surface area (Å²) >= 11 is 0. The Bertz CT molecular complexity index is 432. The minimum Gasteiger partial charge on any atom is -0.491 e. The number of nitrogens with one attached hydrogen (secondary N) is 1. The van der Waals surface area contributed by atoms with Gasteiger partial charge in [0.1, 0.15) is 12.4 Å². The summed E-state index contributed by atoms with van der Waals surface area (Å²) in [4.78, 5) is 12.0. The Balaban J connectivity index is 0.00000144. The summed E-state index contributed by atoms with van der Waals surface area (Å²) in [5.41, 5.74) is 3.02. The topological polar surface area (TPSA) is 38.3 Å². The quantitative estimate of drug-likeness (QED) is 0.837. The molecule has 1 N–H and O–H groups in total. The van der Waals surface area contributed by atoms with Gasteiger partial charge in [-0.05, 0) is 44.2 Å². The van der Waals surface area contributed by atoms with Crippen LogP contribution in [0.3, 0.4) is 0 Å². The maximum Gasteiger partial charge on any atom is 0.168 e.